The number of anilines is 1. The number of para-hydroxylation sites is 1. The average Bonchev–Trinajstić information content (AvgIpc) is 2.47. The Balaban J connectivity index is 2.35. The van der Waals surface area contributed by atoms with Crippen molar-refractivity contribution in [3.8, 4) is 0 Å². The van der Waals surface area contributed by atoms with Gasteiger partial charge in [0, 0.05) is 20.3 Å². The lowest BCUT2D eigenvalue weighted by Gasteiger charge is -2.29. The van der Waals surface area contributed by atoms with Gasteiger partial charge in [0.1, 0.15) is 0 Å². The van der Waals surface area contributed by atoms with Crippen LogP contribution in [0, 0.1) is 0 Å². The monoisotopic (exact) mass is 299 g/mol. The number of aromatic carboxylic acids is 1. The molecule has 0 spiro atoms. The zero-order valence-electron chi connectivity index (χ0n) is 11.2. The minimum absolute atomic E-state index is 0.0226. The van der Waals surface area contributed by atoms with E-state index in [9.17, 15) is 13.2 Å². The fourth-order valence-electron chi connectivity index (χ4n) is 2.26. The van der Waals surface area contributed by atoms with Crippen LogP contribution in [-0.4, -0.2) is 45.0 Å². The predicted octanol–water partition coefficient (Wildman–Crippen LogP) is 1.33. The van der Waals surface area contributed by atoms with Crippen LogP contribution < -0.4 is 4.31 Å². The molecule has 0 amide bonds. The quantitative estimate of drug-likeness (QED) is 0.906. The van der Waals surface area contributed by atoms with Crippen LogP contribution in [0.2, 0.25) is 0 Å². The third kappa shape index (κ3) is 2.78. The molecular formula is C13H17NO5S. The van der Waals surface area contributed by atoms with E-state index in [0.29, 0.717) is 26.1 Å². The summed E-state index contributed by atoms with van der Waals surface area (Å²) in [6.07, 6.45) is 0.865. The molecule has 1 aromatic carbocycles. The van der Waals surface area contributed by atoms with Crippen LogP contribution in [0.25, 0.3) is 0 Å². The second kappa shape index (κ2) is 5.80. The Morgan fingerprint density at radius 1 is 1.30 bits per heavy atom. The Morgan fingerprint density at radius 2 is 1.90 bits per heavy atom. The van der Waals surface area contributed by atoms with Gasteiger partial charge in [-0.25, -0.2) is 13.2 Å². The van der Waals surface area contributed by atoms with E-state index in [4.69, 9.17) is 9.84 Å². The highest BCUT2D eigenvalue weighted by Crippen LogP contribution is 2.26. The molecule has 0 atom stereocenters. The predicted molar refractivity (Wildman–Crippen MR) is 74.6 cm³/mol. The Labute approximate surface area is 118 Å². The standard InChI is InChI=1S/C13H17NO5S/c1-14(12-5-3-2-4-11(12)13(15)16)20(17,18)10-6-8-19-9-7-10/h2-5,10H,6-9H2,1H3,(H,15,16). The summed E-state index contributed by atoms with van der Waals surface area (Å²) in [5.74, 6) is -1.14. The first-order chi connectivity index (χ1) is 9.44. The van der Waals surface area contributed by atoms with Crippen molar-refractivity contribution in [3.63, 3.8) is 0 Å². The Bertz CT molecular complexity index is 593. The van der Waals surface area contributed by atoms with Crippen LogP contribution in [0.1, 0.15) is 23.2 Å². The summed E-state index contributed by atoms with van der Waals surface area (Å²) in [5, 5.41) is 8.62. The number of benzene rings is 1. The molecule has 0 saturated carbocycles. The molecule has 6 nitrogen and oxygen atoms in total. The topological polar surface area (TPSA) is 83.9 Å². The molecule has 1 aliphatic heterocycles. The molecule has 0 bridgehead atoms. The molecule has 0 unspecified atom stereocenters. The number of nitrogens with zero attached hydrogens (tertiary/aromatic N) is 1. The molecule has 0 radical (unpaired) electrons. The molecule has 1 heterocycles. The van der Waals surface area contributed by atoms with E-state index in [1.807, 2.05) is 0 Å². The van der Waals surface area contributed by atoms with Crippen molar-refractivity contribution < 1.29 is 23.1 Å². The lowest BCUT2D eigenvalue weighted by atomic mass is 10.2. The Kier molecular flexibility index (Phi) is 4.29. The van der Waals surface area contributed by atoms with Gasteiger partial charge in [0.05, 0.1) is 16.5 Å². The third-order valence-electron chi connectivity index (χ3n) is 3.44. The molecule has 1 aliphatic rings. The summed E-state index contributed by atoms with van der Waals surface area (Å²) in [4.78, 5) is 11.2. The molecular weight excluding hydrogens is 282 g/mol. The first-order valence-electron chi connectivity index (χ1n) is 6.32. The zero-order chi connectivity index (χ0) is 14.8. The van der Waals surface area contributed by atoms with Crippen LogP contribution in [0.3, 0.4) is 0 Å². The van der Waals surface area contributed by atoms with Crippen LogP contribution in [0.15, 0.2) is 24.3 Å². The fraction of sp³-hybridized carbons (Fsp3) is 0.462. The number of hydrogen-bond donors (Lipinski definition) is 1. The number of ether oxygens (including phenoxy) is 1. The highest BCUT2D eigenvalue weighted by molar-refractivity contribution is 7.93. The summed E-state index contributed by atoms with van der Waals surface area (Å²) in [7, 11) is -2.19. The van der Waals surface area contributed by atoms with E-state index in [0.717, 1.165) is 4.31 Å². The van der Waals surface area contributed by atoms with E-state index in [-0.39, 0.29) is 11.3 Å². The highest BCUT2D eigenvalue weighted by Gasteiger charge is 2.33. The lowest BCUT2D eigenvalue weighted by molar-refractivity contribution is 0.0697. The van der Waals surface area contributed by atoms with Gasteiger partial charge < -0.3 is 9.84 Å². The first kappa shape index (κ1) is 14.8. The maximum absolute atomic E-state index is 12.5. The van der Waals surface area contributed by atoms with Crippen LogP contribution in [-0.2, 0) is 14.8 Å². The van der Waals surface area contributed by atoms with E-state index in [1.165, 1.54) is 19.2 Å². The van der Waals surface area contributed by atoms with Crippen molar-refractivity contribution >= 4 is 21.7 Å². The normalized spacial score (nSPS) is 16.9. The SMILES string of the molecule is CN(c1ccccc1C(=O)O)S(=O)(=O)C1CCOCC1. The lowest BCUT2D eigenvalue weighted by Crippen LogP contribution is -2.39. The Hall–Kier alpha value is -1.60. The van der Waals surface area contributed by atoms with E-state index >= 15 is 0 Å². The zero-order valence-corrected chi connectivity index (χ0v) is 12.0. The van der Waals surface area contributed by atoms with Gasteiger partial charge in [0.15, 0.2) is 0 Å². The van der Waals surface area contributed by atoms with Gasteiger partial charge in [0.25, 0.3) is 0 Å². The van der Waals surface area contributed by atoms with E-state index in [2.05, 4.69) is 0 Å². The fourth-order valence-corrected chi connectivity index (χ4v) is 3.93. The van der Waals surface area contributed by atoms with Crippen LogP contribution in [0.4, 0.5) is 5.69 Å². The van der Waals surface area contributed by atoms with Crippen molar-refractivity contribution in [2.45, 2.75) is 18.1 Å². The maximum atomic E-state index is 12.5. The van der Waals surface area contributed by atoms with Gasteiger partial charge in [-0.15, -0.1) is 0 Å². The van der Waals surface area contributed by atoms with Gasteiger partial charge in [-0.2, -0.15) is 0 Å². The summed E-state index contributed by atoms with van der Waals surface area (Å²) in [5.41, 5.74) is 0.164. The summed E-state index contributed by atoms with van der Waals surface area (Å²) in [6, 6.07) is 6.09. The smallest absolute Gasteiger partial charge is 0.337 e. The average molecular weight is 299 g/mol. The molecule has 1 N–H and O–H groups in total. The minimum Gasteiger partial charge on any atom is -0.478 e. The van der Waals surface area contributed by atoms with Gasteiger partial charge in [-0.3, -0.25) is 4.31 Å². The molecule has 1 saturated heterocycles. The molecule has 2 rings (SSSR count). The van der Waals surface area contributed by atoms with Crippen molar-refractivity contribution in [2.75, 3.05) is 24.6 Å². The summed E-state index contributed by atoms with van der Waals surface area (Å²) >= 11 is 0. The number of carbonyl (C=O) groups is 1. The molecule has 110 valence electrons. The minimum atomic E-state index is -3.58. The summed E-state index contributed by atoms with van der Waals surface area (Å²) < 4.78 is 31.3. The number of carboxylic acids is 1. The van der Waals surface area contributed by atoms with Crippen molar-refractivity contribution in [1.82, 2.24) is 0 Å². The second-order valence-corrected chi connectivity index (χ2v) is 6.89. The third-order valence-corrected chi connectivity index (χ3v) is 5.72. The molecule has 0 aliphatic carbocycles. The number of carboxylic acid groups (broad SMARTS) is 1. The van der Waals surface area contributed by atoms with Crippen molar-refractivity contribution in [1.29, 1.82) is 0 Å². The molecule has 20 heavy (non-hydrogen) atoms. The van der Waals surface area contributed by atoms with Gasteiger partial charge >= 0.3 is 5.97 Å². The largest absolute Gasteiger partial charge is 0.478 e. The van der Waals surface area contributed by atoms with Crippen LogP contribution in [0.5, 0.6) is 0 Å². The highest BCUT2D eigenvalue weighted by atomic mass is 32.2. The van der Waals surface area contributed by atoms with E-state index < -0.39 is 21.2 Å². The van der Waals surface area contributed by atoms with Gasteiger partial charge in [-0.05, 0) is 25.0 Å². The second-order valence-electron chi connectivity index (χ2n) is 4.65. The van der Waals surface area contributed by atoms with Crippen molar-refractivity contribution in [2.24, 2.45) is 0 Å². The van der Waals surface area contributed by atoms with Crippen LogP contribution >= 0.6 is 0 Å². The van der Waals surface area contributed by atoms with Gasteiger partial charge in [0.2, 0.25) is 10.0 Å². The molecule has 7 heteroatoms. The van der Waals surface area contributed by atoms with Gasteiger partial charge in [-0.1, -0.05) is 12.1 Å². The van der Waals surface area contributed by atoms with E-state index in [1.54, 1.807) is 12.1 Å². The number of hydrogen-bond acceptors (Lipinski definition) is 4. The number of sulfonamides is 1. The van der Waals surface area contributed by atoms with Crippen molar-refractivity contribution in [3.05, 3.63) is 29.8 Å². The molecule has 1 aromatic rings. The Morgan fingerprint density at radius 3 is 2.50 bits per heavy atom. The maximum Gasteiger partial charge on any atom is 0.337 e. The summed E-state index contributed by atoms with van der Waals surface area (Å²) in [6.45, 7) is 0.830. The number of rotatable bonds is 4. The first-order valence-corrected chi connectivity index (χ1v) is 7.82. The molecule has 0 aromatic heterocycles. The molecule has 1 fully saturated rings.